The zero-order valence-corrected chi connectivity index (χ0v) is 18.3. The normalized spacial score (nSPS) is 24.8. The number of hydrazone groups is 1. The third kappa shape index (κ3) is 4.26. The first kappa shape index (κ1) is 21.0. The summed E-state index contributed by atoms with van der Waals surface area (Å²) in [5, 5.41) is 6.89. The summed E-state index contributed by atoms with van der Waals surface area (Å²) in [5.74, 6) is 1.86. The predicted octanol–water partition coefficient (Wildman–Crippen LogP) is 5.34. The summed E-state index contributed by atoms with van der Waals surface area (Å²) in [6, 6.07) is 6.33. The van der Waals surface area contributed by atoms with E-state index in [1.165, 1.54) is 25.7 Å². The first-order chi connectivity index (χ1) is 14.7. The lowest BCUT2D eigenvalue weighted by Crippen LogP contribution is -2.49. The minimum absolute atomic E-state index is 0.00661. The van der Waals surface area contributed by atoms with E-state index >= 15 is 0 Å². The van der Waals surface area contributed by atoms with Crippen molar-refractivity contribution in [1.82, 2.24) is 5.01 Å². The molecule has 1 heterocycles. The van der Waals surface area contributed by atoms with Gasteiger partial charge in [-0.3, -0.25) is 4.79 Å². The van der Waals surface area contributed by atoms with Crippen molar-refractivity contribution < 1.29 is 14.3 Å². The molecule has 0 radical (unpaired) electrons. The van der Waals surface area contributed by atoms with E-state index in [0.29, 0.717) is 13.2 Å². The number of carbonyl (C=O) groups excluding carboxylic acids is 1. The topological polar surface area (TPSA) is 51.1 Å². The minimum atomic E-state index is -0.00661. The molecule has 1 aromatic rings. The maximum absolute atomic E-state index is 13.4. The van der Waals surface area contributed by atoms with Crippen molar-refractivity contribution in [3.8, 4) is 11.5 Å². The molecule has 5 heteroatoms. The van der Waals surface area contributed by atoms with Gasteiger partial charge in [-0.2, -0.15) is 5.10 Å². The standard InChI is InChI=1S/C25H34N2O3/c1-3-29-22-16-15-18(17-23(22)30-4-2)24-20-13-9-10-14-21(20)25(28)27(26-24)19-11-7-5-6-8-12-19/h9-10,15-17,19-21H,3-8,11-14H2,1-2H3/t20-,21+/m0/s1. The number of rotatable bonds is 6. The lowest BCUT2D eigenvalue weighted by Gasteiger charge is -2.40. The molecule has 1 fully saturated rings. The highest BCUT2D eigenvalue weighted by Crippen LogP contribution is 2.38. The van der Waals surface area contributed by atoms with Gasteiger partial charge in [0.05, 0.1) is 30.9 Å². The molecule has 2 atom stereocenters. The van der Waals surface area contributed by atoms with Gasteiger partial charge >= 0.3 is 0 Å². The van der Waals surface area contributed by atoms with E-state index in [0.717, 1.165) is 48.5 Å². The molecule has 0 saturated heterocycles. The third-order valence-corrected chi connectivity index (χ3v) is 6.55. The van der Waals surface area contributed by atoms with Crippen molar-refractivity contribution in [2.75, 3.05) is 13.2 Å². The number of hydrogen-bond donors (Lipinski definition) is 0. The summed E-state index contributed by atoms with van der Waals surface area (Å²) in [6.07, 6.45) is 13.1. The Balaban J connectivity index is 1.73. The molecule has 1 aliphatic heterocycles. The summed E-state index contributed by atoms with van der Waals surface area (Å²) >= 11 is 0. The quantitative estimate of drug-likeness (QED) is 0.470. The smallest absolute Gasteiger partial charge is 0.247 e. The molecule has 0 N–H and O–H groups in total. The Kier molecular flexibility index (Phi) is 6.76. The highest BCUT2D eigenvalue weighted by molar-refractivity contribution is 6.07. The molecule has 2 aliphatic carbocycles. The largest absolute Gasteiger partial charge is 0.490 e. The molecule has 0 bridgehead atoms. The molecule has 4 rings (SSSR count). The van der Waals surface area contributed by atoms with Gasteiger partial charge < -0.3 is 9.47 Å². The summed E-state index contributed by atoms with van der Waals surface area (Å²) in [7, 11) is 0. The van der Waals surface area contributed by atoms with E-state index < -0.39 is 0 Å². The molecule has 5 nitrogen and oxygen atoms in total. The summed E-state index contributed by atoms with van der Waals surface area (Å²) in [6.45, 7) is 5.14. The molecule has 1 amide bonds. The van der Waals surface area contributed by atoms with Gasteiger partial charge in [0.2, 0.25) is 5.91 Å². The minimum Gasteiger partial charge on any atom is -0.490 e. The van der Waals surface area contributed by atoms with Crippen molar-refractivity contribution in [1.29, 1.82) is 0 Å². The maximum atomic E-state index is 13.4. The zero-order chi connectivity index (χ0) is 20.9. The Hall–Kier alpha value is -2.30. The summed E-state index contributed by atoms with van der Waals surface area (Å²) < 4.78 is 11.6. The van der Waals surface area contributed by atoms with Crippen molar-refractivity contribution >= 4 is 11.6 Å². The number of benzene rings is 1. The second-order valence-electron chi connectivity index (χ2n) is 8.50. The van der Waals surface area contributed by atoms with Crippen LogP contribution in [0.5, 0.6) is 11.5 Å². The molecular formula is C25H34N2O3. The predicted molar refractivity (Wildman–Crippen MR) is 119 cm³/mol. The lowest BCUT2D eigenvalue weighted by molar-refractivity contribution is -0.140. The number of ether oxygens (including phenoxy) is 2. The molecule has 1 aromatic carbocycles. The molecule has 3 aliphatic rings. The number of fused-ring (bicyclic) bond motifs is 1. The van der Waals surface area contributed by atoms with Crippen LogP contribution in [-0.2, 0) is 4.79 Å². The Morgan fingerprint density at radius 2 is 1.60 bits per heavy atom. The summed E-state index contributed by atoms with van der Waals surface area (Å²) in [5.41, 5.74) is 2.07. The summed E-state index contributed by atoms with van der Waals surface area (Å²) in [4.78, 5) is 13.4. The highest BCUT2D eigenvalue weighted by Gasteiger charge is 2.42. The Bertz CT molecular complexity index is 809. The van der Waals surface area contributed by atoms with Crippen LogP contribution >= 0.6 is 0 Å². The first-order valence-electron chi connectivity index (χ1n) is 11.7. The van der Waals surface area contributed by atoms with E-state index in [1.807, 2.05) is 31.0 Å². The number of allylic oxidation sites excluding steroid dienone is 2. The van der Waals surface area contributed by atoms with Gasteiger partial charge in [-0.15, -0.1) is 0 Å². The number of carbonyl (C=O) groups is 1. The molecule has 0 spiro atoms. The molecule has 0 unspecified atom stereocenters. The van der Waals surface area contributed by atoms with Crippen LogP contribution < -0.4 is 9.47 Å². The molecule has 30 heavy (non-hydrogen) atoms. The Morgan fingerprint density at radius 1 is 0.933 bits per heavy atom. The first-order valence-corrected chi connectivity index (χ1v) is 11.7. The lowest BCUT2D eigenvalue weighted by atomic mass is 9.76. The van der Waals surface area contributed by atoms with Crippen LogP contribution in [0.15, 0.2) is 35.5 Å². The van der Waals surface area contributed by atoms with E-state index in [1.54, 1.807) is 0 Å². The monoisotopic (exact) mass is 410 g/mol. The highest BCUT2D eigenvalue weighted by atomic mass is 16.5. The van der Waals surface area contributed by atoms with Gasteiger partial charge in [0, 0.05) is 11.5 Å². The van der Waals surface area contributed by atoms with Crippen LogP contribution in [0.4, 0.5) is 0 Å². The van der Waals surface area contributed by atoms with Gasteiger partial charge in [-0.25, -0.2) is 5.01 Å². The van der Waals surface area contributed by atoms with Crippen LogP contribution in [0.25, 0.3) is 0 Å². The molecular weight excluding hydrogens is 376 g/mol. The van der Waals surface area contributed by atoms with Crippen molar-refractivity contribution in [3.05, 3.63) is 35.9 Å². The fraction of sp³-hybridized carbons (Fsp3) is 0.600. The van der Waals surface area contributed by atoms with E-state index in [4.69, 9.17) is 14.6 Å². The average Bonchev–Trinajstić information content (AvgIpc) is 3.05. The van der Waals surface area contributed by atoms with Crippen LogP contribution in [-0.4, -0.2) is 35.9 Å². The van der Waals surface area contributed by atoms with Crippen LogP contribution in [0.1, 0.15) is 70.8 Å². The number of amides is 1. The van der Waals surface area contributed by atoms with Crippen LogP contribution in [0.2, 0.25) is 0 Å². The molecule has 1 saturated carbocycles. The Labute approximate surface area is 180 Å². The zero-order valence-electron chi connectivity index (χ0n) is 18.3. The van der Waals surface area contributed by atoms with E-state index in [2.05, 4.69) is 18.2 Å². The van der Waals surface area contributed by atoms with Gasteiger partial charge in [0.15, 0.2) is 11.5 Å². The maximum Gasteiger partial charge on any atom is 0.247 e. The number of hydrogen-bond acceptors (Lipinski definition) is 4. The molecule has 0 aromatic heterocycles. The van der Waals surface area contributed by atoms with Gasteiger partial charge in [-0.1, -0.05) is 37.8 Å². The van der Waals surface area contributed by atoms with Crippen LogP contribution in [0, 0.1) is 11.8 Å². The van der Waals surface area contributed by atoms with Crippen molar-refractivity contribution in [3.63, 3.8) is 0 Å². The SMILES string of the molecule is CCOc1ccc(C2=NN(C3CCCCCC3)C(=O)[C@@H]3CC=CC[C@H]23)cc1OCC. The van der Waals surface area contributed by atoms with Crippen molar-refractivity contribution in [2.24, 2.45) is 16.9 Å². The number of nitrogens with zero attached hydrogens (tertiary/aromatic N) is 2. The molecule has 162 valence electrons. The Morgan fingerprint density at radius 3 is 2.30 bits per heavy atom. The van der Waals surface area contributed by atoms with E-state index in [-0.39, 0.29) is 23.8 Å². The van der Waals surface area contributed by atoms with Gasteiger partial charge in [-0.05, 0) is 57.7 Å². The fourth-order valence-corrected chi connectivity index (χ4v) is 5.04. The van der Waals surface area contributed by atoms with Gasteiger partial charge in [0.25, 0.3) is 0 Å². The van der Waals surface area contributed by atoms with Crippen LogP contribution in [0.3, 0.4) is 0 Å². The second-order valence-corrected chi connectivity index (χ2v) is 8.50. The van der Waals surface area contributed by atoms with Gasteiger partial charge in [0.1, 0.15) is 0 Å². The fourth-order valence-electron chi connectivity index (χ4n) is 5.04. The van der Waals surface area contributed by atoms with Crippen molar-refractivity contribution in [2.45, 2.75) is 71.3 Å². The van der Waals surface area contributed by atoms with E-state index in [9.17, 15) is 4.79 Å². The average molecular weight is 411 g/mol. The third-order valence-electron chi connectivity index (χ3n) is 6.55. The second kappa shape index (κ2) is 9.67.